The van der Waals surface area contributed by atoms with E-state index < -0.39 is 0 Å². The van der Waals surface area contributed by atoms with E-state index in [0.29, 0.717) is 24.4 Å². The van der Waals surface area contributed by atoms with Gasteiger partial charge in [-0.25, -0.2) is 0 Å². The first-order valence-electron chi connectivity index (χ1n) is 7.01. The number of carbonyl (C=O) groups excluding carboxylic acids is 1. The van der Waals surface area contributed by atoms with Gasteiger partial charge in [0.1, 0.15) is 0 Å². The summed E-state index contributed by atoms with van der Waals surface area (Å²) in [6, 6.07) is 0. The predicted octanol–water partition coefficient (Wildman–Crippen LogP) is 1.16. The van der Waals surface area contributed by atoms with Crippen LogP contribution < -0.4 is 5.73 Å². The van der Waals surface area contributed by atoms with Gasteiger partial charge in [0, 0.05) is 20.1 Å². The lowest BCUT2D eigenvalue weighted by molar-refractivity contribution is -0.131. The fraction of sp³-hybridized carbons (Fsp3) is 0.929. The summed E-state index contributed by atoms with van der Waals surface area (Å²) in [4.78, 5) is 16.1. The second-order valence-corrected chi connectivity index (χ2v) is 6.54. The van der Waals surface area contributed by atoms with Crippen LogP contribution in [0, 0.1) is 11.3 Å². The van der Waals surface area contributed by atoms with Crippen LogP contribution in [-0.2, 0) is 4.79 Å². The Labute approximate surface area is 111 Å². The number of rotatable bonds is 5. The van der Waals surface area contributed by atoms with E-state index in [4.69, 9.17) is 5.73 Å². The minimum absolute atomic E-state index is 0.220. The van der Waals surface area contributed by atoms with Gasteiger partial charge < -0.3 is 10.6 Å². The Morgan fingerprint density at radius 1 is 1.44 bits per heavy atom. The van der Waals surface area contributed by atoms with Gasteiger partial charge in [-0.05, 0) is 37.3 Å². The van der Waals surface area contributed by atoms with Crippen molar-refractivity contribution >= 4 is 5.91 Å². The van der Waals surface area contributed by atoms with Gasteiger partial charge in [-0.2, -0.15) is 0 Å². The third kappa shape index (κ3) is 4.58. The molecular weight excluding hydrogens is 226 g/mol. The number of hydrogen-bond acceptors (Lipinski definition) is 3. The van der Waals surface area contributed by atoms with E-state index in [1.165, 1.54) is 6.42 Å². The van der Waals surface area contributed by atoms with E-state index in [-0.39, 0.29) is 5.91 Å². The zero-order chi connectivity index (χ0) is 13.8. The molecule has 2 N–H and O–H groups in total. The molecule has 0 saturated carbocycles. The van der Waals surface area contributed by atoms with E-state index in [1.54, 1.807) is 4.90 Å². The topological polar surface area (TPSA) is 49.6 Å². The smallest absolute Gasteiger partial charge is 0.236 e. The molecule has 0 aromatic carbocycles. The molecule has 1 saturated heterocycles. The Morgan fingerprint density at radius 3 is 2.61 bits per heavy atom. The molecule has 1 fully saturated rings. The number of likely N-dealkylation sites (N-methyl/N-ethyl adjacent to an activating group) is 1. The molecule has 1 heterocycles. The molecule has 106 valence electrons. The van der Waals surface area contributed by atoms with Crippen LogP contribution in [0.3, 0.4) is 0 Å². The summed E-state index contributed by atoms with van der Waals surface area (Å²) in [6.07, 6.45) is 2.09. The summed E-state index contributed by atoms with van der Waals surface area (Å²) < 4.78 is 0. The maximum absolute atomic E-state index is 12.0. The maximum atomic E-state index is 12.0. The number of hydrogen-bond donors (Lipinski definition) is 1. The molecule has 1 atom stereocenters. The highest BCUT2D eigenvalue weighted by molar-refractivity contribution is 5.78. The van der Waals surface area contributed by atoms with Crippen molar-refractivity contribution in [3.8, 4) is 0 Å². The summed E-state index contributed by atoms with van der Waals surface area (Å²) >= 11 is 0. The Hall–Kier alpha value is -0.610. The van der Waals surface area contributed by atoms with Crippen LogP contribution in [0.15, 0.2) is 0 Å². The average Bonchev–Trinajstić information content (AvgIpc) is 2.73. The lowest BCUT2D eigenvalue weighted by atomic mass is 9.80. The van der Waals surface area contributed by atoms with Gasteiger partial charge >= 0.3 is 0 Å². The van der Waals surface area contributed by atoms with E-state index in [2.05, 4.69) is 25.7 Å². The van der Waals surface area contributed by atoms with Gasteiger partial charge in [0.25, 0.3) is 0 Å². The van der Waals surface area contributed by atoms with Crippen molar-refractivity contribution in [2.24, 2.45) is 17.1 Å². The van der Waals surface area contributed by atoms with E-state index in [0.717, 1.165) is 26.1 Å². The van der Waals surface area contributed by atoms with Gasteiger partial charge in [0.05, 0.1) is 6.54 Å². The summed E-state index contributed by atoms with van der Waals surface area (Å²) in [5.74, 6) is 0.928. The molecule has 4 heteroatoms. The van der Waals surface area contributed by atoms with Crippen molar-refractivity contribution < 1.29 is 4.79 Å². The molecule has 0 aromatic rings. The highest BCUT2D eigenvalue weighted by Crippen LogP contribution is 2.33. The van der Waals surface area contributed by atoms with Gasteiger partial charge in [0.15, 0.2) is 0 Å². The molecule has 18 heavy (non-hydrogen) atoms. The van der Waals surface area contributed by atoms with Gasteiger partial charge in [0.2, 0.25) is 5.91 Å². The first-order chi connectivity index (χ1) is 8.34. The first kappa shape index (κ1) is 15.4. The largest absolute Gasteiger partial charge is 0.345 e. The molecule has 4 nitrogen and oxygen atoms in total. The zero-order valence-corrected chi connectivity index (χ0v) is 12.4. The van der Waals surface area contributed by atoms with E-state index >= 15 is 0 Å². The van der Waals surface area contributed by atoms with Crippen molar-refractivity contribution in [3.63, 3.8) is 0 Å². The fourth-order valence-electron chi connectivity index (χ4n) is 2.45. The Kier molecular flexibility index (Phi) is 5.60. The Morgan fingerprint density at radius 2 is 2.11 bits per heavy atom. The zero-order valence-electron chi connectivity index (χ0n) is 12.4. The quantitative estimate of drug-likeness (QED) is 0.802. The van der Waals surface area contributed by atoms with Crippen molar-refractivity contribution in [3.05, 3.63) is 0 Å². The summed E-state index contributed by atoms with van der Waals surface area (Å²) in [5, 5.41) is 0. The summed E-state index contributed by atoms with van der Waals surface area (Å²) in [6.45, 7) is 11.0. The van der Waals surface area contributed by atoms with Crippen molar-refractivity contribution in [1.82, 2.24) is 9.80 Å². The lowest BCUT2D eigenvalue weighted by Gasteiger charge is -2.27. The second kappa shape index (κ2) is 6.53. The lowest BCUT2D eigenvalue weighted by Crippen LogP contribution is -2.38. The number of likely N-dealkylation sites (tertiary alicyclic amines) is 1. The third-order valence-electron chi connectivity index (χ3n) is 3.98. The van der Waals surface area contributed by atoms with Crippen LogP contribution in [0.25, 0.3) is 0 Å². The van der Waals surface area contributed by atoms with Crippen LogP contribution in [0.5, 0.6) is 0 Å². The first-order valence-corrected chi connectivity index (χ1v) is 7.01. The molecule has 0 bridgehead atoms. The standard InChI is InChI=1S/C14H29N3O/c1-14(2,3)12-6-9-17(10-12)11-13(18)16(4)8-5-7-15/h12H,5-11,15H2,1-4H3. The molecule has 1 aliphatic rings. The van der Waals surface area contributed by atoms with Gasteiger partial charge in [-0.15, -0.1) is 0 Å². The molecule has 1 amide bonds. The maximum Gasteiger partial charge on any atom is 0.236 e. The number of nitrogens with zero attached hydrogens (tertiary/aromatic N) is 2. The molecular formula is C14H29N3O. The monoisotopic (exact) mass is 255 g/mol. The van der Waals surface area contributed by atoms with Crippen LogP contribution in [0.1, 0.15) is 33.6 Å². The van der Waals surface area contributed by atoms with Gasteiger partial charge in [-0.1, -0.05) is 20.8 Å². The minimum Gasteiger partial charge on any atom is -0.345 e. The normalized spacial score (nSPS) is 21.3. The Bertz CT molecular complexity index is 273. The molecule has 1 aliphatic heterocycles. The summed E-state index contributed by atoms with van der Waals surface area (Å²) in [7, 11) is 1.87. The Balaban J connectivity index is 2.34. The van der Waals surface area contributed by atoms with E-state index in [1.807, 2.05) is 7.05 Å². The highest BCUT2D eigenvalue weighted by atomic mass is 16.2. The van der Waals surface area contributed by atoms with Crippen molar-refractivity contribution in [1.29, 1.82) is 0 Å². The summed E-state index contributed by atoms with van der Waals surface area (Å²) in [5.41, 5.74) is 5.81. The average molecular weight is 255 g/mol. The number of carbonyl (C=O) groups is 1. The van der Waals surface area contributed by atoms with Crippen LogP contribution in [0.4, 0.5) is 0 Å². The van der Waals surface area contributed by atoms with Crippen LogP contribution in [0.2, 0.25) is 0 Å². The third-order valence-corrected chi connectivity index (χ3v) is 3.98. The molecule has 0 aromatic heterocycles. The molecule has 1 unspecified atom stereocenters. The van der Waals surface area contributed by atoms with Crippen LogP contribution >= 0.6 is 0 Å². The van der Waals surface area contributed by atoms with E-state index in [9.17, 15) is 4.79 Å². The fourth-order valence-corrected chi connectivity index (χ4v) is 2.45. The molecule has 0 radical (unpaired) electrons. The SMILES string of the molecule is CN(CCCN)C(=O)CN1CCC(C(C)(C)C)C1. The molecule has 1 rings (SSSR count). The highest BCUT2D eigenvalue weighted by Gasteiger charge is 2.32. The second-order valence-electron chi connectivity index (χ2n) is 6.54. The number of nitrogens with two attached hydrogens (primary N) is 1. The van der Waals surface area contributed by atoms with Crippen LogP contribution in [-0.4, -0.2) is 55.5 Å². The number of amides is 1. The van der Waals surface area contributed by atoms with Gasteiger partial charge in [-0.3, -0.25) is 9.69 Å². The van der Waals surface area contributed by atoms with Crippen molar-refractivity contribution in [2.45, 2.75) is 33.6 Å². The molecule has 0 aliphatic carbocycles. The predicted molar refractivity (Wildman–Crippen MR) is 75.3 cm³/mol. The van der Waals surface area contributed by atoms with Crippen molar-refractivity contribution in [2.75, 3.05) is 39.8 Å². The molecule has 0 spiro atoms. The minimum atomic E-state index is 0.220.